The average Bonchev–Trinajstić information content (AvgIpc) is 3.13. The van der Waals surface area contributed by atoms with E-state index in [1.54, 1.807) is 0 Å². The van der Waals surface area contributed by atoms with Crippen molar-refractivity contribution in [1.29, 1.82) is 0 Å². The van der Waals surface area contributed by atoms with Crippen LogP contribution in [0.25, 0.3) is 11.0 Å². The molecule has 1 N–H and O–H groups in total. The topological polar surface area (TPSA) is 136 Å². The Hall–Kier alpha value is -2.44. The summed E-state index contributed by atoms with van der Waals surface area (Å²) in [6, 6.07) is 1.45. The number of sulfonamides is 1. The van der Waals surface area contributed by atoms with E-state index in [0.29, 0.717) is 0 Å². The highest BCUT2D eigenvalue weighted by atomic mass is 35.5. The summed E-state index contributed by atoms with van der Waals surface area (Å²) in [4.78, 5) is 8.57. The Morgan fingerprint density at radius 2 is 1.85 bits per heavy atom. The van der Waals surface area contributed by atoms with Crippen LogP contribution in [0.15, 0.2) is 6.07 Å². The Morgan fingerprint density at radius 1 is 1.19 bits per heavy atom. The van der Waals surface area contributed by atoms with Crippen LogP contribution in [0.3, 0.4) is 0 Å². The minimum absolute atomic E-state index is 0.0138. The number of methoxy groups -OCH3 is 2. The lowest BCUT2D eigenvalue weighted by Gasteiger charge is -2.23. The van der Waals surface area contributed by atoms with E-state index in [0.717, 1.165) is 10.6 Å². The molecule has 0 spiro atoms. The summed E-state index contributed by atoms with van der Waals surface area (Å²) in [5.41, 5.74) is 0.426. The molecule has 0 amide bonds. The van der Waals surface area contributed by atoms with E-state index in [4.69, 9.17) is 32.7 Å². The van der Waals surface area contributed by atoms with Crippen molar-refractivity contribution in [2.45, 2.75) is 6.54 Å². The number of nitrogens with one attached hydrogen (secondary N) is 1. The number of hydrogen-bond donors (Lipinski definition) is 1. The van der Waals surface area contributed by atoms with Gasteiger partial charge in [0.2, 0.25) is 10.0 Å². The molecule has 27 heavy (non-hydrogen) atoms. The summed E-state index contributed by atoms with van der Waals surface area (Å²) >= 11 is 12.5. The van der Waals surface area contributed by atoms with Crippen LogP contribution in [-0.2, 0) is 16.6 Å². The van der Waals surface area contributed by atoms with Gasteiger partial charge in [-0.15, -0.1) is 10.2 Å². The summed E-state index contributed by atoms with van der Waals surface area (Å²) in [7, 11) is -1.05. The Bertz CT molecular complexity index is 1090. The van der Waals surface area contributed by atoms with Crippen LogP contribution in [0, 0.1) is 0 Å². The van der Waals surface area contributed by atoms with Gasteiger partial charge in [0.25, 0.3) is 11.8 Å². The first kappa shape index (κ1) is 19.3. The first-order valence-electron chi connectivity index (χ1n) is 7.24. The standard InChI is InChI=1S/C13H13Cl2N7O4S/c1-25-12-13(26-2)17-10-7(16-12)4-6(14)9(15)11(10)22(27(3,23)24)5-8-18-20-21-19-8/h4H,5H2,1-3H3,(H,18,19,20,21). The highest BCUT2D eigenvalue weighted by Crippen LogP contribution is 2.41. The number of ether oxygens (including phenoxy) is 2. The van der Waals surface area contributed by atoms with Gasteiger partial charge in [0.05, 0.1) is 42.6 Å². The summed E-state index contributed by atoms with van der Waals surface area (Å²) in [5, 5.41) is 13.3. The maximum Gasteiger partial charge on any atom is 0.278 e. The van der Waals surface area contributed by atoms with Crippen molar-refractivity contribution in [3.05, 3.63) is 21.9 Å². The molecule has 11 nitrogen and oxygen atoms in total. The molecule has 0 saturated heterocycles. The predicted molar refractivity (Wildman–Crippen MR) is 97.9 cm³/mol. The molecule has 0 aliphatic heterocycles. The van der Waals surface area contributed by atoms with Crippen molar-refractivity contribution in [2.75, 3.05) is 24.8 Å². The van der Waals surface area contributed by atoms with Crippen LogP contribution < -0.4 is 13.8 Å². The van der Waals surface area contributed by atoms with Crippen LogP contribution in [0.1, 0.15) is 5.82 Å². The first-order chi connectivity index (χ1) is 12.8. The van der Waals surface area contributed by atoms with E-state index >= 15 is 0 Å². The summed E-state index contributed by atoms with van der Waals surface area (Å²) in [5.74, 6) is 0.286. The molecular weight excluding hydrogens is 421 g/mol. The number of anilines is 1. The van der Waals surface area contributed by atoms with Gasteiger partial charge in [0.1, 0.15) is 11.2 Å². The molecule has 14 heteroatoms. The van der Waals surface area contributed by atoms with E-state index in [1.165, 1.54) is 20.3 Å². The van der Waals surface area contributed by atoms with Gasteiger partial charge >= 0.3 is 0 Å². The fourth-order valence-corrected chi connectivity index (χ4v) is 3.67. The van der Waals surface area contributed by atoms with Crippen LogP contribution in [0.2, 0.25) is 10.0 Å². The van der Waals surface area contributed by atoms with Gasteiger partial charge in [-0.05, 0) is 6.07 Å². The number of aromatic amines is 1. The molecule has 3 aromatic rings. The number of H-pyrrole nitrogens is 1. The van der Waals surface area contributed by atoms with Crippen molar-refractivity contribution in [3.63, 3.8) is 0 Å². The molecule has 0 aliphatic carbocycles. The molecule has 0 atom stereocenters. The number of hydrogen-bond acceptors (Lipinski definition) is 9. The lowest BCUT2D eigenvalue weighted by molar-refractivity contribution is 0.334. The monoisotopic (exact) mass is 433 g/mol. The van der Waals surface area contributed by atoms with Gasteiger partial charge in [0.15, 0.2) is 5.82 Å². The molecular formula is C13H13Cl2N7O4S. The minimum Gasteiger partial charge on any atom is -0.477 e. The smallest absolute Gasteiger partial charge is 0.278 e. The van der Waals surface area contributed by atoms with Gasteiger partial charge in [-0.25, -0.2) is 18.4 Å². The zero-order valence-electron chi connectivity index (χ0n) is 14.3. The molecule has 0 radical (unpaired) electrons. The molecule has 0 aliphatic rings. The molecule has 0 saturated carbocycles. The number of tetrazole rings is 1. The van der Waals surface area contributed by atoms with Gasteiger partial charge in [-0.3, -0.25) is 4.31 Å². The Balaban J connectivity index is 2.33. The van der Waals surface area contributed by atoms with Crippen molar-refractivity contribution in [3.8, 4) is 11.8 Å². The number of aromatic nitrogens is 6. The van der Waals surface area contributed by atoms with Crippen LogP contribution in [-0.4, -0.2) is 59.5 Å². The molecule has 2 heterocycles. The fraction of sp³-hybridized carbons (Fsp3) is 0.308. The largest absolute Gasteiger partial charge is 0.477 e. The van der Waals surface area contributed by atoms with E-state index in [9.17, 15) is 8.42 Å². The summed E-state index contributed by atoms with van der Waals surface area (Å²) in [6.45, 7) is -0.249. The first-order valence-corrected chi connectivity index (χ1v) is 9.84. The summed E-state index contributed by atoms with van der Waals surface area (Å²) in [6.07, 6.45) is 1.00. The molecule has 0 bridgehead atoms. The van der Waals surface area contributed by atoms with Gasteiger partial charge < -0.3 is 9.47 Å². The molecule has 1 aromatic carbocycles. The minimum atomic E-state index is -3.83. The van der Waals surface area contributed by atoms with Crippen molar-refractivity contribution in [1.82, 2.24) is 30.6 Å². The number of rotatable bonds is 6. The normalized spacial score (nSPS) is 11.6. The second-order valence-corrected chi connectivity index (χ2v) is 7.92. The highest BCUT2D eigenvalue weighted by Gasteiger charge is 2.28. The molecule has 2 aromatic heterocycles. The van der Waals surface area contributed by atoms with Crippen LogP contribution in [0.4, 0.5) is 5.69 Å². The van der Waals surface area contributed by atoms with Gasteiger partial charge in [0, 0.05) is 0 Å². The van der Waals surface area contributed by atoms with Crippen molar-refractivity contribution in [2.24, 2.45) is 0 Å². The lowest BCUT2D eigenvalue weighted by atomic mass is 10.2. The van der Waals surface area contributed by atoms with Crippen molar-refractivity contribution < 1.29 is 17.9 Å². The predicted octanol–water partition coefficient (Wildman–Crippen LogP) is 1.43. The van der Waals surface area contributed by atoms with Crippen LogP contribution >= 0.6 is 23.2 Å². The third kappa shape index (κ3) is 3.68. The molecule has 0 fully saturated rings. The molecule has 144 valence electrons. The zero-order chi connectivity index (χ0) is 19.8. The average molecular weight is 434 g/mol. The maximum absolute atomic E-state index is 12.5. The third-order valence-corrected chi connectivity index (χ3v) is 5.37. The fourth-order valence-electron chi connectivity index (χ4n) is 2.33. The number of halogens is 2. The van der Waals surface area contributed by atoms with Crippen molar-refractivity contribution >= 4 is 49.9 Å². The number of fused-ring (bicyclic) bond motifs is 1. The van der Waals surface area contributed by atoms with E-state index in [2.05, 4.69) is 30.6 Å². The second kappa shape index (κ2) is 7.29. The van der Waals surface area contributed by atoms with E-state index in [-0.39, 0.29) is 50.9 Å². The maximum atomic E-state index is 12.5. The lowest BCUT2D eigenvalue weighted by Crippen LogP contribution is -2.30. The SMILES string of the molecule is COc1nc2cc(Cl)c(Cl)c(N(Cc3nn[nH]n3)S(C)(=O)=O)c2nc1OC. The van der Waals surface area contributed by atoms with Gasteiger partial charge in [-0.2, -0.15) is 5.21 Å². The number of nitrogens with zero attached hydrogens (tertiary/aromatic N) is 6. The van der Waals surface area contributed by atoms with Crippen LogP contribution in [0.5, 0.6) is 11.8 Å². The summed E-state index contributed by atoms with van der Waals surface area (Å²) < 4.78 is 36.2. The van der Waals surface area contributed by atoms with Gasteiger partial charge in [-0.1, -0.05) is 28.4 Å². The third-order valence-electron chi connectivity index (χ3n) is 3.48. The molecule has 0 unspecified atom stereocenters. The Morgan fingerprint density at radius 3 is 2.41 bits per heavy atom. The Kier molecular flexibility index (Phi) is 5.22. The van der Waals surface area contributed by atoms with E-state index < -0.39 is 10.0 Å². The Labute approximate surface area is 163 Å². The zero-order valence-corrected chi connectivity index (χ0v) is 16.6. The second-order valence-electron chi connectivity index (χ2n) is 5.23. The molecule has 3 rings (SSSR count). The quantitative estimate of drug-likeness (QED) is 0.611. The highest BCUT2D eigenvalue weighted by molar-refractivity contribution is 7.92. The van der Waals surface area contributed by atoms with E-state index in [1.807, 2.05) is 0 Å². The number of benzene rings is 1.